The molecule has 0 unspecified atom stereocenters. The van der Waals surface area contributed by atoms with Crippen molar-refractivity contribution in [2.45, 2.75) is 6.92 Å². The number of fused-ring (bicyclic) bond motifs is 1. The number of aromatic nitrogens is 1. The summed E-state index contributed by atoms with van der Waals surface area (Å²) in [5.41, 5.74) is 1.30. The van der Waals surface area contributed by atoms with Crippen LogP contribution in [0.3, 0.4) is 0 Å². The molecular weight excluding hydrogens is 288 g/mol. The summed E-state index contributed by atoms with van der Waals surface area (Å²) in [6, 6.07) is 17.5. The van der Waals surface area contributed by atoms with Gasteiger partial charge in [0.25, 0.3) is 5.91 Å². The van der Waals surface area contributed by atoms with Gasteiger partial charge in [-0.15, -0.1) is 0 Å². The minimum atomic E-state index is -0.142. The average Bonchev–Trinajstić information content (AvgIpc) is 2.61. The minimum Gasteiger partial charge on any atom is -0.477 e. The van der Waals surface area contributed by atoms with E-state index < -0.39 is 0 Å². The zero-order valence-corrected chi connectivity index (χ0v) is 13.2. The Hall–Kier alpha value is -2.88. The van der Waals surface area contributed by atoms with Crippen LogP contribution in [0.25, 0.3) is 10.8 Å². The van der Waals surface area contributed by atoms with Crippen LogP contribution in [0.1, 0.15) is 17.3 Å². The zero-order chi connectivity index (χ0) is 16.2. The summed E-state index contributed by atoms with van der Waals surface area (Å²) in [7, 11) is 1.76. The third-order valence-electron chi connectivity index (χ3n) is 3.71. The molecule has 0 fully saturated rings. The van der Waals surface area contributed by atoms with Crippen LogP contribution in [0.5, 0.6) is 5.88 Å². The quantitative estimate of drug-likeness (QED) is 0.734. The van der Waals surface area contributed by atoms with Gasteiger partial charge in [-0.25, -0.2) is 4.98 Å². The number of carbonyl (C=O) groups excluding carboxylic acids is 1. The largest absolute Gasteiger partial charge is 0.477 e. The molecule has 1 heterocycles. The van der Waals surface area contributed by atoms with Crippen molar-refractivity contribution < 1.29 is 9.53 Å². The molecule has 0 aliphatic rings. The minimum absolute atomic E-state index is 0.142. The van der Waals surface area contributed by atoms with Gasteiger partial charge in [-0.05, 0) is 42.0 Å². The maximum Gasteiger partial charge on any atom is 0.263 e. The van der Waals surface area contributed by atoms with Crippen molar-refractivity contribution in [1.29, 1.82) is 0 Å². The molecule has 0 bridgehead atoms. The Bertz CT molecular complexity index is 845. The summed E-state index contributed by atoms with van der Waals surface area (Å²) in [5.74, 6) is 0.226. The van der Waals surface area contributed by atoms with Gasteiger partial charge in [0.15, 0.2) is 0 Å². The maximum absolute atomic E-state index is 12.8. The summed E-state index contributed by atoms with van der Waals surface area (Å²) < 4.78 is 5.46. The third kappa shape index (κ3) is 3.01. The van der Waals surface area contributed by atoms with Crippen molar-refractivity contribution in [3.63, 3.8) is 0 Å². The average molecular weight is 306 g/mol. The standard InChI is InChI=1S/C19H18N2O2/c1-3-23-18-17(9-6-12-20-18)19(22)21(2)16-11-10-14-7-4-5-8-15(14)13-16/h4-13H,3H2,1-2H3. The third-order valence-corrected chi connectivity index (χ3v) is 3.71. The van der Waals surface area contributed by atoms with E-state index in [-0.39, 0.29) is 5.91 Å². The molecule has 0 spiro atoms. The van der Waals surface area contributed by atoms with Gasteiger partial charge in [-0.2, -0.15) is 0 Å². The van der Waals surface area contributed by atoms with Gasteiger partial charge >= 0.3 is 0 Å². The van der Waals surface area contributed by atoms with E-state index in [0.717, 1.165) is 16.5 Å². The number of amides is 1. The first-order valence-corrected chi connectivity index (χ1v) is 7.55. The van der Waals surface area contributed by atoms with Crippen LogP contribution in [-0.2, 0) is 0 Å². The fraction of sp³-hybridized carbons (Fsp3) is 0.158. The van der Waals surface area contributed by atoms with Crippen LogP contribution >= 0.6 is 0 Å². The fourth-order valence-corrected chi connectivity index (χ4v) is 2.49. The molecule has 0 radical (unpaired) electrons. The smallest absolute Gasteiger partial charge is 0.263 e. The Morgan fingerprint density at radius 3 is 2.65 bits per heavy atom. The number of rotatable bonds is 4. The Balaban J connectivity index is 1.95. The molecule has 0 atom stereocenters. The number of carbonyl (C=O) groups is 1. The van der Waals surface area contributed by atoms with Gasteiger partial charge in [0.1, 0.15) is 5.56 Å². The van der Waals surface area contributed by atoms with Crippen molar-refractivity contribution in [2.75, 3.05) is 18.6 Å². The van der Waals surface area contributed by atoms with E-state index in [9.17, 15) is 4.79 Å². The van der Waals surface area contributed by atoms with Crippen LogP contribution in [0.15, 0.2) is 60.8 Å². The van der Waals surface area contributed by atoms with E-state index >= 15 is 0 Å². The normalized spacial score (nSPS) is 10.5. The van der Waals surface area contributed by atoms with Gasteiger partial charge in [0.2, 0.25) is 5.88 Å². The summed E-state index contributed by atoms with van der Waals surface area (Å²) in [5, 5.41) is 2.24. The highest BCUT2D eigenvalue weighted by Crippen LogP contribution is 2.24. The van der Waals surface area contributed by atoms with Crippen LogP contribution in [0, 0.1) is 0 Å². The molecule has 0 saturated heterocycles. The maximum atomic E-state index is 12.8. The molecule has 4 nitrogen and oxygen atoms in total. The topological polar surface area (TPSA) is 42.4 Å². The number of ether oxygens (including phenoxy) is 1. The molecule has 3 rings (SSSR count). The van der Waals surface area contributed by atoms with Crippen molar-refractivity contribution in [3.05, 3.63) is 66.4 Å². The van der Waals surface area contributed by atoms with E-state index in [4.69, 9.17) is 4.74 Å². The van der Waals surface area contributed by atoms with Crippen molar-refractivity contribution in [3.8, 4) is 5.88 Å². The molecule has 1 aromatic heterocycles. The molecule has 116 valence electrons. The number of anilines is 1. The van der Waals surface area contributed by atoms with E-state index in [1.165, 1.54) is 0 Å². The van der Waals surface area contributed by atoms with E-state index in [1.807, 2.05) is 43.3 Å². The highest BCUT2D eigenvalue weighted by atomic mass is 16.5. The van der Waals surface area contributed by atoms with Gasteiger partial charge in [0, 0.05) is 18.9 Å². The lowest BCUT2D eigenvalue weighted by Gasteiger charge is -2.19. The second kappa shape index (κ2) is 6.48. The summed E-state index contributed by atoms with van der Waals surface area (Å²) in [4.78, 5) is 18.5. The molecule has 1 amide bonds. The van der Waals surface area contributed by atoms with Crippen molar-refractivity contribution >= 4 is 22.4 Å². The monoisotopic (exact) mass is 306 g/mol. The van der Waals surface area contributed by atoms with Gasteiger partial charge in [0.05, 0.1) is 6.61 Å². The first kappa shape index (κ1) is 15.0. The Morgan fingerprint density at radius 1 is 1.09 bits per heavy atom. The van der Waals surface area contributed by atoms with E-state index in [1.54, 1.807) is 30.3 Å². The first-order valence-electron chi connectivity index (χ1n) is 7.55. The molecule has 0 N–H and O–H groups in total. The fourth-order valence-electron chi connectivity index (χ4n) is 2.49. The summed E-state index contributed by atoms with van der Waals surface area (Å²) in [6.07, 6.45) is 1.62. The molecule has 4 heteroatoms. The zero-order valence-electron chi connectivity index (χ0n) is 13.2. The Morgan fingerprint density at radius 2 is 1.87 bits per heavy atom. The van der Waals surface area contributed by atoms with Crippen LogP contribution in [-0.4, -0.2) is 24.5 Å². The highest BCUT2D eigenvalue weighted by molar-refractivity contribution is 6.08. The number of pyridine rings is 1. The van der Waals surface area contributed by atoms with Gasteiger partial charge < -0.3 is 9.64 Å². The van der Waals surface area contributed by atoms with Crippen molar-refractivity contribution in [2.24, 2.45) is 0 Å². The van der Waals surface area contributed by atoms with Crippen molar-refractivity contribution in [1.82, 2.24) is 4.98 Å². The lowest BCUT2D eigenvalue weighted by Crippen LogP contribution is -2.27. The summed E-state index contributed by atoms with van der Waals surface area (Å²) in [6.45, 7) is 2.34. The van der Waals surface area contributed by atoms with E-state index in [2.05, 4.69) is 11.1 Å². The van der Waals surface area contributed by atoms with Gasteiger partial charge in [-0.3, -0.25) is 4.79 Å². The number of benzene rings is 2. The molecule has 3 aromatic rings. The molecule has 0 aliphatic heterocycles. The second-order valence-electron chi connectivity index (χ2n) is 5.18. The summed E-state index contributed by atoms with van der Waals surface area (Å²) >= 11 is 0. The predicted molar refractivity (Wildman–Crippen MR) is 92.1 cm³/mol. The second-order valence-corrected chi connectivity index (χ2v) is 5.18. The first-order chi connectivity index (χ1) is 11.2. The Labute approximate surface area is 135 Å². The number of nitrogens with zero attached hydrogens (tertiary/aromatic N) is 2. The van der Waals surface area contributed by atoms with E-state index in [0.29, 0.717) is 18.1 Å². The van der Waals surface area contributed by atoms with Crippen LogP contribution in [0.2, 0.25) is 0 Å². The molecule has 23 heavy (non-hydrogen) atoms. The SMILES string of the molecule is CCOc1ncccc1C(=O)N(C)c1ccc2ccccc2c1. The lowest BCUT2D eigenvalue weighted by molar-refractivity contribution is 0.0988. The number of hydrogen-bond donors (Lipinski definition) is 0. The lowest BCUT2D eigenvalue weighted by atomic mass is 10.1. The number of hydrogen-bond acceptors (Lipinski definition) is 3. The molecule has 0 aliphatic carbocycles. The van der Waals surface area contributed by atoms with Gasteiger partial charge in [-0.1, -0.05) is 30.3 Å². The molecule has 0 saturated carbocycles. The highest BCUT2D eigenvalue weighted by Gasteiger charge is 2.18. The Kier molecular flexibility index (Phi) is 4.24. The molecule has 2 aromatic carbocycles. The predicted octanol–water partition coefficient (Wildman–Crippen LogP) is 3.91. The van der Waals surface area contributed by atoms with Crippen LogP contribution < -0.4 is 9.64 Å². The van der Waals surface area contributed by atoms with Crippen LogP contribution in [0.4, 0.5) is 5.69 Å². The molecular formula is C19H18N2O2.